The minimum atomic E-state index is -0.813. The Bertz CT molecular complexity index is 820. The standard InChI is InChI=1S/C22H29N3O3/c1-15-13-16(2)25(24-15)20-11-9-19(10-12-20)22(27)28-17(3)21(26)23-14-18-7-5-4-6-8-18/h9-13,17-18H,4-8,14H2,1-3H3,(H,23,26)/t17-/m1/s1. The van der Waals surface area contributed by atoms with Gasteiger partial charge in [0.2, 0.25) is 0 Å². The van der Waals surface area contributed by atoms with Crippen molar-refractivity contribution in [3.8, 4) is 5.69 Å². The van der Waals surface area contributed by atoms with Crippen molar-refractivity contribution in [3.63, 3.8) is 0 Å². The lowest BCUT2D eigenvalue weighted by Gasteiger charge is -2.22. The molecule has 1 aromatic carbocycles. The maximum atomic E-state index is 12.4. The number of benzene rings is 1. The summed E-state index contributed by atoms with van der Waals surface area (Å²) < 4.78 is 7.16. The van der Waals surface area contributed by atoms with E-state index in [1.165, 1.54) is 19.3 Å². The van der Waals surface area contributed by atoms with E-state index in [1.54, 1.807) is 19.1 Å². The average molecular weight is 383 g/mol. The van der Waals surface area contributed by atoms with Crippen molar-refractivity contribution < 1.29 is 14.3 Å². The summed E-state index contributed by atoms with van der Waals surface area (Å²) in [6.07, 6.45) is 5.27. The number of nitrogens with one attached hydrogen (secondary N) is 1. The van der Waals surface area contributed by atoms with Crippen molar-refractivity contribution in [2.75, 3.05) is 6.54 Å². The van der Waals surface area contributed by atoms with Gasteiger partial charge in [-0.1, -0.05) is 19.3 Å². The molecule has 2 aromatic rings. The van der Waals surface area contributed by atoms with Gasteiger partial charge in [0, 0.05) is 12.2 Å². The molecule has 1 fully saturated rings. The number of esters is 1. The molecule has 1 saturated carbocycles. The molecule has 0 unspecified atom stereocenters. The lowest BCUT2D eigenvalue weighted by atomic mass is 9.89. The third-order valence-electron chi connectivity index (χ3n) is 5.30. The van der Waals surface area contributed by atoms with Crippen molar-refractivity contribution in [1.29, 1.82) is 0 Å². The molecule has 0 bridgehead atoms. The molecule has 6 nitrogen and oxygen atoms in total. The van der Waals surface area contributed by atoms with Crippen LogP contribution in [0, 0.1) is 19.8 Å². The van der Waals surface area contributed by atoms with Crippen LogP contribution in [-0.2, 0) is 9.53 Å². The molecule has 1 amide bonds. The van der Waals surface area contributed by atoms with Crippen molar-refractivity contribution >= 4 is 11.9 Å². The van der Waals surface area contributed by atoms with Crippen LogP contribution >= 0.6 is 0 Å². The van der Waals surface area contributed by atoms with Crippen LogP contribution in [0.15, 0.2) is 30.3 Å². The van der Waals surface area contributed by atoms with E-state index in [0.717, 1.165) is 29.9 Å². The van der Waals surface area contributed by atoms with Crippen LogP contribution < -0.4 is 5.32 Å². The van der Waals surface area contributed by atoms with Crippen LogP contribution in [0.3, 0.4) is 0 Å². The maximum Gasteiger partial charge on any atom is 0.338 e. The second kappa shape index (κ2) is 9.04. The van der Waals surface area contributed by atoms with E-state index in [4.69, 9.17) is 4.74 Å². The van der Waals surface area contributed by atoms with Gasteiger partial charge < -0.3 is 10.1 Å². The molecule has 1 aliphatic carbocycles. The Balaban J connectivity index is 1.53. The second-order valence-electron chi connectivity index (χ2n) is 7.68. The molecule has 28 heavy (non-hydrogen) atoms. The summed E-state index contributed by atoms with van der Waals surface area (Å²) in [5, 5.41) is 7.35. The maximum absolute atomic E-state index is 12.4. The fraction of sp³-hybridized carbons (Fsp3) is 0.500. The molecule has 3 rings (SSSR count). The molecule has 1 N–H and O–H groups in total. The van der Waals surface area contributed by atoms with E-state index in [-0.39, 0.29) is 5.91 Å². The van der Waals surface area contributed by atoms with Crippen LogP contribution in [0.4, 0.5) is 0 Å². The predicted octanol–water partition coefficient (Wildman–Crippen LogP) is 3.73. The molecular weight excluding hydrogens is 354 g/mol. The second-order valence-corrected chi connectivity index (χ2v) is 7.68. The molecule has 150 valence electrons. The summed E-state index contributed by atoms with van der Waals surface area (Å²) in [4.78, 5) is 24.6. The van der Waals surface area contributed by atoms with Crippen LogP contribution in [0.25, 0.3) is 5.69 Å². The highest BCUT2D eigenvalue weighted by Gasteiger charge is 2.21. The largest absolute Gasteiger partial charge is 0.449 e. The molecule has 1 aromatic heterocycles. The normalized spacial score (nSPS) is 15.8. The third-order valence-corrected chi connectivity index (χ3v) is 5.30. The lowest BCUT2D eigenvalue weighted by Crippen LogP contribution is -2.38. The first kappa shape index (κ1) is 20.1. The highest BCUT2D eigenvalue weighted by molar-refractivity contribution is 5.92. The monoisotopic (exact) mass is 383 g/mol. The van der Waals surface area contributed by atoms with Gasteiger partial charge in [-0.2, -0.15) is 5.10 Å². The molecule has 6 heteroatoms. The Hall–Kier alpha value is -2.63. The fourth-order valence-corrected chi connectivity index (χ4v) is 3.69. The summed E-state index contributed by atoms with van der Waals surface area (Å²) in [5.74, 6) is -0.194. The lowest BCUT2D eigenvalue weighted by molar-refractivity contribution is -0.129. The van der Waals surface area contributed by atoms with E-state index in [0.29, 0.717) is 18.0 Å². The molecule has 0 saturated heterocycles. The average Bonchev–Trinajstić information content (AvgIpc) is 3.05. The van der Waals surface area contributed by atoms with Crippen molar-refractivity contribution in [1.82, 2.24) is 15.1 Å². The van der Waals surface area contributed by atoms with Gasteiger partial charge in [-0.05, 0) is 69.9 Å². The van der Waals surface area contributed by atoms with Gasteiger partial charge in [-0.15, -0.1) is 0 Å². The molecule has 1 aliphatic rings. The van der Waals surface area contributed by atoms with Crippen molar-refractivity contribution in [2.45, 2.75) is 59.0 Å². The van der Waals surface area contributed by atoms with E-state index < -0.39 is 12.1 Å². The Kier molecular flexibility index (Phi) is 6.49. The van der Waals surface area contributed by atoms with E-state index >= 15 is 0 Å². The Morgan fingerprint density at radius 2 is 1.86 bits per heavy atom. The number of hydrogen-bond acceptors (Lipinski definition) is 4. The number of aromatic nitrogens is 2. The number of amides is 1. The van der Waals surface area contributed by atoms with Gasteiger partial charge in [-0.25, -0.2) is 9.48 Å². The highest BCUT2D eigenvalue weighted by Crippen LogP contribution is 2.22. The van der Waals surface area contributed by atoms with Crippen LogP contribution in [0.1, 0.15) is 60.8 Å². The van der Waals surface area contributed by atoms with Crippen LogP contribution in [0.2, 0.25) is 0 Å². The molecule has 1 atom stereocenters. The highest BCUT2D eigenvalue weighted by atomic mass is 16.5. The smallest absolute Gasteiger partial charge is 0.338 e. The summed E-state index contributed by atoms with van der Waals surface area (Å²) >= 11 is 0. The molecule has 0 spiro atoms. The van der Waals surface area contributed by atoms with Crippen molar-refractivity contribution in [2.24, 2.45) is 5.92 Å². The van der Waals surface area contributed by atoms with Gasteiger partial charge in [0.25, 0.3) is 5.91 Å². The Labute approximate surface area is 166 Å². The SMILES string of the molecule is Cc1cc(C)n(-c2ccc(C(=O)O[C@H](C)C(=O)NCC3CCCCC3)cc2)n1. The number of hydrogen-bond donors (Lipinski definition) is 1. The molecule has 0 radical (unpaired) electrons. The number of nitrogens with zero attached hydrogens (tertiary/aromatic N) is 2. The van der Waals surface area contributed by atoms with Crippen molar-refractivity contribution in [3.05, 3.63) is 47.3 Å². The molecule has 0 aliphatic heterocycles. The van der Waals surface area contributed by atoms with Gasteiger partial charge in [0.05, 0.1) is 16.9 Å². The van der Waals surface area contributed by atoms with Gasteiger partial charge in [0.1, 0.15) is 0 Å². The number of carbonyl (C=O) groups is 2. The number of aryl methyl sites for hydroxylation is 2. The minimum absolute atomic E-state index is 0.238. The zero-order valence-corrected chi connectivity index (χ0v) is 16.9. The number of carbonyl (C=O) groups excluding carboxylic acids is 2. The fourth-order valence-electron chi connectivity index (χ4n) is 3.69. The summed E-state index contributed by atoms with van der Waals surface area (Å²) in [6, 6.07) is 9.03. The van der Waals surface area contributed by atoms with Crippen LogP contribution in [-0.4, -0.2) is 34.3 Å². The first-order chi connectivity index (χ1) is 13.4. The predicted molar refractivity (Wildman–Crippen MR) is 108 cm³/mol. The van der Waals surface area contributed by atoms with Gasteiger partial charge in [0.15, 0.2) is 6.10 Å². The van der Waals surface area contributed by atoms with Gasteiger partial charge in [-0.3, -0.25) is 4.79 Å². The van der Waals surface area contributed by atoms with E-state index in [9.17, 15) is 9.59 Å². The molecule has 1 heterocycles. The van der Waals surface area contributed by atoms with Gasteiger partial charge >= 0.3 is 5.97 Å². The summed E-state index contributed by atoms with van der Waals surface area (Å²) in [5.41, 5.74) is 3.25. The first-order valence-electron chi connectivity index (χ1n) is 10.1. The number of rotatable bonds is 6. The first-order valence-corrected chi connectivity index (χ1v) is 10.1. The van der Waals surface area contributed by atoms with Crippen LogP contribution in [0.5, 0.6) is 0 Å². The topological polar surface area (TPSA) is 73.2 Å². The quantitative estimate of drug-likeness (QED) is 0.772. The third kappa shape index (κ3) is 5.00. The summed E-state index contributed by atoms with van der Waals surface area (Å²) in [6.45, 7) is 6.20. The Morgan fingerprint density at radius 1 is 1.18 bits per heavy atom. The van der Waals surface area contributed by atoms with E-state index in [1.807, 2.05) is 36.7 Å². The summed E-state index contributed by atoms with van der Waals surface area (Å²) in [7, 11) is 0. The Morgan fingerprint density at radius 3 is 2.46 bits per heavy atom. The molecular formula is C22H29N3O3. The zero-order chi connectivity index (χ0) is 20.1. The number of ether oxygens (including phenoxy) is 1. The zero-order valence-electron chi connectivity index (χ0n) is 16.9. The van der Waals surface area contributed by atoms with E-state index in [2.05, 4.69) is 10.4 Å². The minimum Gasteiger partial charge on any atom is -0.449 e.